The third kappa shape index (κ3) is 3.29. The van der Waals surface area contributed by atoms with Crippen molar-refractivity contribution in [1.82, 2.24) is 25.2 Å². The number of rotatable bonds is 3. The number of para-hydroxylation sites is 1. The predicted molar refractivity (Wildman–Crippen MR) is 108 cm³/mol. The number of benzene rings is 1. The number of nitrogens with one attached hydrogen (secondary N) is 2. The van der Waals surface area contributed by atoms with Gasteiger partial charge in [0.2, 0.25) is 5.91 Å². The van der Waals surface area contributed by atoms with Crippen LogP contribution in [0.4, 0.5) is 0 Å². The summed E-state index contributed by atoms with van der Waals surface area (Å²) in [5, 5.41) is 4.56. The van der Waals surface area contributed by atoms with E-state index in [4.69, 9.17) is 4.98 Å². The van der Waals surface area contributed by atoms with Gasteiger partial charge in [0.1, 0.15) is 5.82 Å². The molecule has 2 N–H and O–H groups in total. The molecule has 0 saturated carbocycles. The molecule has 2 aromatic heterocycles. The molecule has 1 fully saturated rings. The summed E-state index contributed by atoms with van der Waals surface area (Å²) in [5.74, 6) is 1.54. The fourth-order valence-corrected chi connectivity index (χ4v) is 4.37. The largest absolute Gasteiger partial charge is 0.361 e. The summed E-state index contributed by atoms with van der Waals surface area (Å²) in [4.78, 5) is 27.6. The van der Waals surface area contributed by atoms with Gasteiger partial charge < -0.3 is 15.2 Å². The molecule has 2 aliphatic rings. The van der Waals surface area contributed by atoms with E-state index in [0.717, 1.165) is 66.0 Å². The van der Waals surface area contributed by atoms with Crippen LogP contribution in [-0.4, -0.2) is 45.4 Å². The second kappa shape index (κ2) is 7.36. The Bertz CT molecular complexity index is 1010. The van der Waals surface area contributed by atoms with Crippen LogP contribution < -0.4 is 5.32 Å². The van der Waals surface area contributed by atoms with Crippen molar-refractivity contribution in [3.63, 3.8) is 0 Å². The second-order valence-electron chi connectivity index (χ2n) is 7.84. The van der Waals surface area contributed by atoms with Crippen LogP contribution in [0, 0.1) is 0 Å². The van der Waals surface area contributed by atoms with E-state index >= 15 is 0 Å². The molecule has 6 nitrogen and oxygen atoms in total. The van der Waals surface area contributed by atoms with Crippen molar-refractivity contribution >= 4 is 16.8 Å². The van der Waals surface area contributed by atoms with Gasteiger partial charge in [0.05, 0.1) is 12.1 Å². The zero-order chi connectivity index (χ0) is 18.9. The summed E-state index contributed by atoms with van der Waals surface area (Å²) in [6.07, 6.45) is 7.46. The van der Waals surface area contributed by atoms with Crippen molar-refractivity contribution < 1.29 is 4.79 Å². The van der Waals surface area contributed by atoms with Crippen LogP contribution in [0.1, 0.15) is 41.4 Å². The number of fused-ring (bicyclic) bond motifs is 2. The van der Waals surface area contributed by atoms with Crippen LogP contribution in [-0.2, 0) is 24.2 Å². The van der Waals surface area contributed by atoms with Crippen molar-refractivity contribution in [2.24, 2.45) is 0 Å². The van der Waals surface area contributed by atoms with Crippen LogP contribution in [0.3, 0.4) is 0 Å². The van der Waals surface area contributed by atoms with Crippen LogP contribution in [0.15, 0.2) is 36.7 Å². The number of H-pyrrole nitrogens is 1. The number of aromatic nitrogens is 3. The number of carbonyl (C=O) groups is 1. The Morgan fingerprint density at radius 3 is 3.11 bits per heavy atom. The minimum absolute atomic E-state index is 0.163. The lowest BCUT2D eigenvalue weighted by atomic mass is 9.98. The fourth-order valence-electron chi connectivity index (χ4n) is 4.37. The van der Waals surface area contributed by atoms with E-state index in [0.29, 0.717) is 18.9 Å². The molecule has 1 saturated heterocycles. The Morgan fingerprint density at radius 1 is 1.29 bits per heavy atom. The maximum Gasteiger partial charge on any atom is 0.227 e. The number of aromatic amines is 1. The lowest BCUT2D eigenvalue weighted by Crippen LogP contribution is -2.37. The van der Waals surface area contributed by atoms with E-state index in [1.54, 1.807) is 0 Å². The molecule has 1 aromatic carbocycles. The highest BCUT2D eigenvalue weighted by Gasteiger charge is 2.25. The summed E-state index contributed by atoms with van der Waals surface area (Å²) in [6, 6.07) is 8.12. The van der Waals surface area contributed by atoms with Crippen molar-refractivity contribution in [2.45, 2.75) is 38.1 Å². The molecular weight excluding hydrogens is 350 g/mol. The van der Waals surface area contributed by atoms with Gasteiger partial charge >= 0.3 is 0 Å². The first-order valence-corrected chi connectivity index (χ1v) is 10.2. The molecule has 144 valence electrons. The van der Waals surface area contributed by atoms with Crippen LogP contribution in [0.5, 0.6) is 0 Å². The van der Waals surface area contributed by atoms with E-state index in [9.17, 15) is 4.79 Å². The zero-order valence-electron chi connectivity index (χ0n) is 15.9. The van der Waals surface area contributed by atoms with E-state index in [1.165, 1.54) is 6.42 Å². The smallest absolute Gasteiger partial charge is 0.227 e. The molecule has 2 aliphatic heterocycles. The van der Waals surface area contributed by atoms with Gasteiger partial charge in [-0.1, -0.05) is 18.2 Å². The third-order valence-corrected chi connectivity index (χ3v) is 5.98. The predicted octanol–water partition coefficient (Wildman–Crippen LogP) is 2.55. The first-order valence-electron chi connectivity index (χ1n) is 10.2. The number of piperidine rings is 1. The first-order chi connectivity index (χ1) is 13.8. The average Bonchev–Trinajstić information content (AvgIpc) is 3.16. The maximum absolute atomic E-state index is 12.9. The van der Waals surface area contributed by atoms with E-state index < -0.39 is 0 Å². The van der Waals surface area contributed by atoms with Gasteiger partial charge in [-0.2, -0.15) is 0 Å². The lowest BCUT2D eigenvalue weighted by Gasteiger charge is -2.29. The number of hydrogen-bond acceptors (Lipinski definition) is 4. The Morgan fingerprint density at radius 2 is 2.21 bits per heavy atom. The van der Waals surface area contributed by atoms with Crippen LogP contribution in [0.25, 0.3) is 10.9 Å². The molecule has 0 bridgehead atoms. The molecule has 5 rings (SSSR count). The first kappa shape index (κ1) is 17.4. The minimum Gasteiger partial charge on any atom is -0.361 e. The molecule has 3 aromatic rings. The molecule has 1 amide bonds. The molecule has 6 heteroatoms. The summed E-state index contributed by atoms with van der Waals surface area (Å²) >= 11 is 0. The Kier molecular flexibility index (Phi) is 4.56. The quantitative estimate of drug-likeness (QED) is 0.738. The third-order valence-electron chi connectivity index (χ3n) is 5.98. The fraction of sp³-hybridized carbons (Fsp3) is 0.409. The summed E-state index contributed by atoms with van der Waals surface area (Å²) in [6.45, 7) is 3.40. The average molecular weight is 375 g/mol. The molecule has 1 atom stereocenters. The topological polar surface area (TPSA) is 73.9 Å². The summed E-state index contributed by atoms with van der Waals surface area (Å²) < 4.78 is 0. The SMILES string of the molecule is O=C(Cc1c[nH]c2ccccc12)N1CCc2nc([C@@H]3CCCNC3)ncc2C1. The number of amides is 1. The van der Waals surface area contributed by atoms with Crippen molar-refractivity contribution in [2.75, 3.05) is 19.6 Å². The Hall–Kier alpha value is -2.73. The van der Waals surface area contributed by atoms with E-state index in [2.05, 4.69) is 21.4 Å². The summed E-state index contributed by atoms with van der Waals surface area (Å²) in [5.41, 5.74) is 4.34. The van der Waals surface area contributed by atoms with Crippen molar-refractivity contribution in [3.05, 3.63) is 59.3 Å². The molecule has 0 spiro atoms. The molecule has 0 unspecified atom stereocenters. The molecule has 28 heavy (non-hydrogen) atoms. The highest BCUT2D eigenvalue weighted by atomic mass is 16.2. The van der Waals surface area contributed by atoms with Gasteiger partial charge in [-0.25, -0.2) is 9.97 Å². The van der Waals surface area contributed by atoms with Crippen molar-refractivity contribution in [3.8, 4) is 0 Å². The Balaban J connectivity index is 1.29. The molecule has 0 radical (unpaired) electrons. The lowest BCUT2D eigenvalue weighted by molar-refractivity contribution is -0.131. The van der Waals surface area contributed by atoms with Gasteiger partial charge in [0.25, 0.3) is 0 Å². The summed E-state index contributed by atoms with van der Waals surface area (Å²) in [7, 11) is 0. The number of hydrogen-bond donors (Lipinski definition) is 2. The normalized spacial score (nSPS) is 19.6. The molecule has 0 aliphatic carbocycles. The standard InChI is InChI=1S/C22H25N5O/c28-21(10-16-12-24-20-6-2-1-5-18(16)20)27-9-7-19-17(14-27)13-25-22(26-19)15-4-3-8-23-11-15/h1-2,5-6,12-13,15,23-24H,3-4,7-11,14H2/t15-/m1/s1. The Labute approximate surface area is 164 Å². The second-order valence-corrected chi connectivity index (χ2v) is 7.84. The van der Waals surface area contributed by atoms with Gasteiger partial charge in [-0.3, -0.25) is 4.79 Å². The zero-order valence-corrected chi connectivity index (χ0v) is 15.9. The minimum atomic E-state index is 0.163. The van der Waals surface area contributed by atoms with Crippen LogP contribution in [0.2, 0.25) is 0 Å². The monoisotopic (exact) mass is 375 g/mol. The van der Waals surface area contributed by atoms with Gasteiger partial charge in [-0.15, -0.1) is 0 Å². The molecular formula is C22H25N5O. The highest BCUT2D eigenvalue weighted by molar-refractivity contribution is 5.88. The van der Waals surface area contributed by atoms with E-state index in [-0.39, 0.29) is 5.91 Å². The highest BCUT2D eigenvalue weighted by Crippen LogP contribution is 2.24. The van der Waals surface area contributed by atoms with Crippen LogP contribution >= 0.6 is 0 Å². The number of carbonyl (C=O) groups excluding carboxylic acids is 1. The van der Waals surface area contributed by atoms with Gasteiger partial charge in [0.15, 0.2) is 0 Å². The van der Waals surface area contributed by atoms with Gasteiger partial charge in [0, 0.05) is 60.8 Å². The number of nitrogens with zero attached hydrogens (tertiary/aromatic N) is 3. The van der Waals surface area contributed by atoms with E-state index in [1.807, 2.05) is 35.5 Å². The van der Waals surface area contributed by atoms with Gasteiger partial charge in [-0.05, 0) is 31.0 Å². The van der Waals surface area contributed by atoms with Crippen molar-refractivity contribution in [1.29, 1.82) is 0 Å². The maximum atomic E-state index is 12.9. The molecule has 4 heterocycles.